The SMILES string of the molecule is C=C(CCN)c1cc(-c2ccccc2)[nH]n1. The summed E-state index contributed by atoms with van der Waals surface area (Å²) in [6, 6.07) is 12.1. The summed E-state index contributed by atoms with van der Waals surface area (Å²) in [7, 11) is 0. The molecule has 2 aromatic rings. The molecule has 0 radical (unpaired) electrons. The fraction of sp³-hybridized carbons (Fsp3) is 0.154. The molecule has 3 heteroatoms. The van der Waals surface area contributed by atoms with Gasteiger partial charge in [-0.25, -0.2) is 0 Å². The Morgan fingerprint density at radius 1 is 1.31 bits per heavy atom. The summed E-state index contributed by atoms with van der Waals surface area (Å²) in [6.45, 7) is 4.56. The topological polar surface area (TPSA) is 54.7 Å². The maximum Gasteiger partial charge on any atom is 0.0881 e. The van der Waals surface area contributed by atoms with Gasteiger partial charge in [-0.2, -0.15) is 5.10 Å². The molecular formula is C13H15N3. The molecule has 0 saturated heterocycles. The fourth-order valence-corrected chi connectivity index (χ4v) is 1.57. The molecule has 3 N–H and O–H groups in total. The van der Waals surface area contributed by atoms with Crippen LogP contribution in [0.15, 0.2) is 43.0 Å². The summed E-state index contributed by atoms with van der Waals surface area (Å²) < 4.78 is 0. The van der Waals surface area contributed by atoms with Crippen LogP contribution in [0, 0.1) is 0 Å². The van der Waals surface area contributed by atoms with Crippen LogP contribution < -0.4 is 5.73 Å². The third-order valence-electron chi connectivity index (χ3n) is 2.47. The van der Waals surface area contributed by atoms with Gasteiger partial charge in [0.2, 0.25) is 0 Å². The first-order valence-electron chi connectivity index (χ1n) is 5.30. The van der Waals surface area contributed by atoms with E-state index in [-0.39, 0.29) is 0 Å². The standard InChI is InChI=1S/C13H15N3/c1-10(7-8-14)12-9-13(16-15-12)11-5-3-2-4-6-11/h2-6,9H,1,7-8,14H2,(H,15,16). The second kappa shape index (κ2) is 4.77. The Bertz CT molecular complexity index is 471. The Morgan fingerprint density at radius 2 is 2.06 bits per heavy atom. The van der Waals surface area contributed by atoms with E-state index in [9.17, 15) is 0 Å². The molecule has 0 aliphatic carbocycles. The molecule has 0 spiro atoms. The van der Waals surface area contributed by atoms with Crippen molar-refractivity contribution in [1.82, 2.24) is 10.2 Å². The van der Waals surface area contributed by atoms with Crippen molar-refractivity contribution in [3.8, 4) is 11.3 Å². The number of aromatic nitrogens is 2. The highest BCUT2D eigenvalue weighted by atomic mass is 15.1. The number of aromatic amines is 1. The lowest BCUT2D eigenvalue weighted by Crippen LogP contribution is -1.99. The molecule has 1 heterocycles. The van der Waals surface area contributed by atoms with Gasteiger partial charge in [-0.05, 0) is 30.2 Å². The maximum absolute atomic E-state index is 5.49. The van der Waals surface area contributed by atoms with Crippen molar-refractivity contribution in [2.75, 3.05) is 6.54 Å². The number of nitrogens with one attached hydrogen (secondary N) is 1. The van der Waals surface area contributed by atoms with Crippen LogP contribution >= 0.6 is 0 Å². The molecule has 0 saturated carbocycles. The molecule has 0 unspecified atom stereocenters. The van der Waals surface area contributed by atoms with Crippen LogP contribution in [0.5, 0.6) is 0 Å². The van der Waals surface area contributed by atoms with Crippen molar-refractivity contribution in [1.29, 1.82) is 0 Å². The van der Waals surface area contributed by atoms with Crippen molar-refractivity contribution in [3.63, 3.8) is 0 Å². The zero-order valence-corrected chi connectivity index (χ0v) is 9.11. The first-order valence-corrected chi connectivity index (χ1v) is 5.30. The normalized spacial score (nSPS) is 10.3. The maximum atomic E-state index is 5.49. The van der Waals surface area contributed by atoms with Crippen LogP contribution in [0.25, 0.3) is 16.8 Å². The van der Waals surface area contributed by atoms with E-state index in [1.54, 1.807) is 0 Å². The van der Waals surface area contributed by atoms with Crippen LogP contribution in [0.4, 0.5) is 0 Å². The molecule has 0 bridgehead atoms. The summed E-state index contributed by atoms with van der Waals surface area (Å²) in [5.74, 6) is 0. The molecule has 0 aliphatic rings. The quantitative estimate of drug-likeness (QED) is 0.819. The smallest absolute Gasteiger partial charge is 0.0881 e. The minimum absolute atomic E-state index is 0.604. The first-order chi connectivity index (χ1) is 7.81. The van der Waals surface area contributed by atoms with Crippen molar-refractivity contribution in [3.05, 3.63) is 48.7 Å². The van der Waals surface area contributed by atoms with Crippen LogP contribution in [-0.4, -0.2) is 16.7 Å². The number of rotatable bonds is 4. The fourth-order valence-electron chi connectivity index (χ4n) is 1.57. The highest BCUT2D eigenvalue weighted by Crippen LogP contribution is 2.21. The van der Waals surface area contributed by atoms with Gasteiger partial charge in [0.25, 0.3) is 0 Å². The van der Waals surface area contributed by atoms with E-state index in [1.165, 1.54) is 0 Å². The average Bonchev–Trinajstić information content (AvgIpc) is 2.80. The minimum atomic E-state index is 0.604. The van der Waals surface area contributed by atoms with Crippen LogP contribution in [0.3, 0.4) is 0 Å². The molecule has 16 heavy (non-hydrogen) atoms. The number of H-pyrrole nitrogens is 1. The summed E-state index contributed by atoms with van der Waals surface area (Å²) >= 11 is 0. The van der Waals surface area contributed by atoms with Crippen molar-refractivity contribution in [2.45, 2.75) is 6.42 Å². The Hall–Kier alpha value is -1.87. The van der Waals surface area contributed by atoms with E-state index in [1.807, 2.05) is 36.4 Å². The molecule has 0 atom stereocenters. The number of nitrogens with two attached hydrogens (primary N) is 1. The molecule has 1 aromatic heterocycles. The molecule has 0 amide bonds. The Morgan fingerprint density at radius 3 is 2.75 bits per heavy atom. The van der Waals surface area contributed by atoms with E-state index in [0.29, 0.717) is 6.54 Å². The third kappa shape index (κ3) is 2.20. The Labute approximate surface area is 95.0 Å². The lowest BCUT2D eigenvalue weighted by atomic mass is 10.1. The predicted molar refractivity (Wildman–Crippen MR) is 66.7 cm³/mol. The minimum Gasteiger partial charge on any atom is -0.330 e. The lowest BCUT2D eigenvalue weighted by molar-refractivity contribution is 1.000. The van der Waals surface area contributed by atoms with Gasteiger partial charge in [0.15, 0.2) is 0 Å². The van der Waals surface area contributed by atoms with Crippen LogP contribution in [-0.2, 0) is 0 Å². The van der Waals surface area contributed by atoms with Gasteiger partial charge >= 0.3 is 0 Å². The third-order valence-corrected chi connectivity index (χ3v) is 2.47. The van der Waals surface area contributed by atoms with Crippen LogP contribution in [0.2, 0.25) is 0 Å². The zero-order chi connectivity index (χ0) is 11.4. The van der Waals surface area contributed by atoms with Gasteiger partial charge in [0.1, 0.15) is 0 Å². The number of hydrogen-bond donors (Lipinski definition) is 2. The highest BCUT2D eigenvalue weighted by Gasteiger charge is 2.05. The summed E-state index contributed by atoms with van der Waals surface area (Å²) in [5, 5.41) is 7.24. The van der Waals surface area contributed by atoms with E-state index in [4.69, 9.17) is 5.73 Å². The first kappa shape index (κ1) is 10.6. The summed E-state index contributed by atoms with van der Waals surface area (Å²) in [4.78, 5) is 0. The van der Waals surface area contributed by atoms with E-state index >= 15 is 0 Å². The van der Waals surface area contributed by atoms with E-state index in [2.05, 4.69) is 16.8 Å². The van der Waals surface area contributed by atoms with E-state index in [0.717, 1.165) is 28.9 Å². The average molecular weight is 213 g/mol. The van der Waals surface area contributed by atoms with Gasteiger partial charge in [-0.1, -0.05) is 36.9 Å². The van der Waals surface area contributed by atoms with Crippen molar-refractivity contribution in [2.24, 2.45) is 5.73 Å². The van der Waals surface area contributed by atoms with E-state index < -0.39 is 0 Å². The Balaban J connectivity index is 2.23. The molecule has 2 rings (SSSR count). The zero-order valence-electron chi connectivity index (χ0n) is 9.11. The van der Waals surface area contributed by atoms with Crippen LogP contribution in [0.1, 0.15) is 12.1 Å². The molecule has 3 nitrogen and oxygen atoms in total. The van der Waals surface area contributed by atoms with Gasteiger partial charge in [0, 0.05) is 0 Å². The number of nitrogens with zero attached hydrogens (tertiary/aromatic N) is 1. The molecule has 0 aliphatic heterocycles. The number of benzene rings is 1. The van der Waals surface area contributed by atoms with Gasteiger partial charge in [-0.15, -0.1) is 0 Å². The monoisotopic (exact) mass is 213 g/mol. The Kier molecular flexibility index (Phi) is 3.17. The molecule has 82 valence electrons. The number of hydrogen-bond acceptors (Lipinski definition) is 2. The lowest BCUT2D eigenvalue weighted by Gasteiger charge is -1.97. The second-order valence-electron chi connectivity index (χ2n) is 3.68. The van der Waals surface area contributed by atoms with Crippen molar-refractivity contribution >= 4 is 5.57 Å². The van der Waals surface area contributed by atoms with Gasteiger partial charge in [0.05, 0.1) is 11.4 Å². The molecule has 1 aromatic carbocycles. The summed E-state index contributed by atoms with van der Waals surface area (Å²) in [5.41, 5.74) is 9.49. The summed E-state index contributed by atoms with van der Waals surface area (Å²) in [6.07, 6.45) is 0.777. The van der Waals surface area contributed by atoms with Gasteiger partial charge in [-0.3, -0.25) is 5.10 Å². The molecular weight excluding hydrogens is 198 g/mol. The predicted octanol–water partition coefficient (Wildman–Crippen LogP) is 2.44. The molecule has 0 fully saturated rings. The highest BCUT2D eigenvalue weighted by molar-refractivity contribution is 5.67. The largest absolute Gasteiger partial charge is 0.330 e. The van der Waals surface area contributed by atoms with Gasteiger partial charge < -0.3 is 5.73 Å². The van der Waals surface area contributed by atoms with Crippen molar-refractivity contribution < 1.29 is 0 Å². The second-order valence-corrected chi connectivity index (χ2v) is 3.68.